The summed E-state index contributed by atoms with van der Waals surface area (Å²) in [6.45, 7) is 2.47. The molecule has 1 aliphatic heterocycles. The van der Waals surface area contributed by atoms with Gasteiger partial charge in [-0.15, -0.1) is 12.4 Å². The van der Waals surface area contributed by atoms with Crippen LogP contribution in [0.5, 0.6) is 0 Å². The van der Waals surface area contributed by atoms with E-state index in [-0.39, 0.29) is 24.6 Å². The summed E-state index contributed by atoms with van der Waals surface area (Å²) in [6.07, 6.45) is 5.63. The fourth-order valence-corrected chi connectivity index (χ4v) is 4.00. The molecule has 1 saturated heterocycles. The van der Waals surface area contributed by atoms with Gasteiger partial charge in [-0.05, 0) is 56.3 Å². The number of nitrogens with zero attached hydrogens (tertiary/aromatic N) is 1. The maximum atomic E-state index is 9.14. The third-order valence-electron chi connectivity index (χ3n) is 5.10. The summed E-state index contributed by atoms with van der Waals surface area (Å²) in [5.74, 6) is 0. The molecule has 2 aromatic carbocycles. The Bertz CT molecular complexity index is 548. The molecule has 0 spiro atoms. The Morgan fingerprint density at radius 2 is 1.42 bits per heavy atom. The van der Waals surface area contributed by atoms with Crippen molar-refractivity contribution in [1.82, 2.24) is 4.90 Å². The van der Waals surface area contributed by atoms with Crippen LogP contribution < -0.4 is 0 Å². The van der Waals surface area contributed by atoms with Crippen molar-refractivity contribution < 1.29 is 5.11 Å². The molecule has 0 radical (unpaired) electrons. The van der Waals surface area contributed by atoms with Crippen molar-refractivity contribution in [2.24, 2.45) is 0 Å². The molecule has 2 aromatic rings. The normalized spacial score (nSPS) is 17.2. The summed E-state index contributed by atoms with van der Waals surface area (Å²) in [5.41, 5.74) is 2.78. The van der Waals surface area contributed by atoms with E-state index >= 15 is 0 Å². The van der Waals surface area contributed by atoms with Gasteiger partial charge < -0.3 is 5.11 Å². The lowest BCUT2D eigenvalue weighted by atomic mass is 9.75. The molecule has 0 atom stereocenters. The quantitative estimate of drug-likeness (QED) is 0.773. The molecule has 0 aliphatic carbocycles. The standard InChI is InChI=1S/C21H27NO.ClH/c23-18-10-9-17-22-16-8-7-15-21(22,19-11-3-1-4-12-19)20-13-5-2-6-14-20;/h1-6,11-14,23H,7-10,15-18H2;1H. The van der Waals surface area contributed by atoms with Crippen molar-refractivity contribution in [2.75, 3.05) is 19.7 Å². The van der Waals surface area contributed by atoms with Crippen molar-refractivity contribution in [2.45, 2.75) is 37.6 Å². The van der Waals surface area contributed by atoms with Gasteiger partial charge in [-0.1, -0.05) is 60.7 Å². The smallest absolute Gasteiger partial charge is 0.0715 e. The van der Waals surface area contributed by atoms with Gasteiger partial charge >= 0.3 is 0 Å². The first-order chi connectivity index (χ1) is 11.4. The minimum Gasteiger partial charge on any atom is -0.396 e. The zero-order chi connectivity index (χ0) is 16.0. The Labute approximate surface area is 151 Å². The van der Waals surface area contributed by atoms with Crippen LogP contribution in [0.1, 0.15) is 43.2 Å². The number of hydrogen-bond acceptors (Lipinski definition) is 2. The minimum atomic E-state index is -0.0176. The third kappa shape index (κ3) is 3.83. The summed E-state index contributed by atoms with van der Waals surface area (Å²) < 4.78 is 0. The Hall–Kier alpha value is -1.35. The van der Waals surface area contributed by atoms with Gasteiger partial charge in [0.15, 0.2) is 0 Å². The summed E-state index contributed by atoms with van der Waals surface area (Å²) >= 11 is 0. The largest absolute Gasteiger partial charge is 0.396 e. The molecule has 24 heavy (non-hydrogen) atoms. The molecule has 1 aliphatic rings. The van der Waals surface area contributed by atoms with Gasteiger partial charge in [0.2, 0.25) is 0 Å². The number of piperidine rings is 1. The summed E-state index contributed by atoms with van der Waals surface area (Å²) in [6, 6.07) is 21.9. The molecular weight excluding hydrogens is 318 g/mol. The molecule has 1 fully saturated rings. The topological polar surface area (TPSA) is 23.5 Å². The van der Waals surface area contributed by atoms with Crippen LogP contribution in [0.3, 0.4) is 0 Å². The molecule has 1 N–H and O–H groups in total. The van der Waals surface area contributed by atoms with Crippen molar-refractivity contribution >= 4 is 12.4 Å². The highest BCUT2D eigenvalue weighted by molar-refractivity contribution is 5.85. The lowest BCUT2D eigenvalue weighted by Crippen LogP contribution is -2.50. The van der Waals surface area contributed by atoms with Crippen LogP contribution in [-0.4, -0.2) is 29.7 Å². The first kappa shape index (κ1) is 19.0. The molecule has 130 valence electrons. The summed E-state index contributed by atoms with van der Waals surface area (Å²) in [7, 11) is 0. The molecule has 1 heterocycles. The Kier molecular flexibility index (Phi) is 7.29. The lowest BCUT2D eigenvalue weighted by Gasteiger charge is -2.48. The van der Waals surface area contributed by atoms with E-state index in [1.54, 1.807) is 0 Å². The van der Waals surface area contributed by atoms with Gasteiger partial charge in [-0.2, -0.15) is 0 Å². The molecule has 3 heteroatoms. The van der Waals surface area contributed by atoms with E-state index in [2.05, 4.69) is 65.6 Å². The predicted molar refractivity (Wildman–Crippen MR) is 103 cm³/mol. The van der Waals surface area contributed by atoms with Gasteiger partial charge in [0.05, 0.1) is 5.54 Å². The first-order valence-electron chi connectivity index (χ1n) is 8.85. The number of unbranched alkanes of at least 4 members (excludes halogenated alkanes) is 1. The SMILES string of the molecule is Cl.OCCCCN1CCCCC1(c1ccccc1)c1ccccc1. The molecule has 2 nitrogen and oxygen atoms in total. The van der Waals surface area contributed by atoms with Crippen molar-refractivity contribution in [3.05, 3.63) is 71.8 Å². The highest BCUT2D eigenvalue weighted by atomic mass is 35.5. The number of benzene rings is 2. The van der Waals surface area contributed by atoms with Gasteiger partial charge in [-0.3, -0.25) is 4.90 Å². The van der Waals surface area contributed by atoms with E-state index in [9.17, 15) is 0 Å². The average Bonchev–Trinajstić information content (AvgIpc) is 2.64. The molecule has 0 bridgehead atoms. The van der Waals surface area contributed by atoms with Gasteiger partial charge in [0.25, 0.3) is 0 Å². The molecule has 0 aromatic heterocycles. The first-order valence-corrected chi connectivity index (χ1v) is 8.85. The number of halogens is 1. The van der Waals surface area contributed by atoms with E-state index in [4.69, 9.17) is 5.11 Å². The van der Waals surface area contributed by atoms with E-state index in [1.807, 2.05) is 0 Å². The molecule has 0 unspecified atom stereocenters. The van der Waals surface area contributed by atoms with Crippen LogP contribution in [0.4, 0.5) is 0 Å². The Balaban J connectivity index is 0.00000208. The van der Waals surface area contributed by atoms with Crippen molar-refractivity contribution in [3.8, 4) is 0 Å². The fraction of sp³-hybridized carbons (Fsp3) is 0.429. The fourth-order valence-electron chi connectivity index (χ4n) is 4.00. The second kappa shape index (κ2) is 9.22. The van der Waals surface area contributed by atoms with E-state index in [0.717, 1.165) is 25.9 Å². The highest BCUT2D eigenvalue weighted by Crippen LogP contribution is 2.43. The number of rotatable bonds is 6. The lowest BCUT2D eigenvalue weighted by molar-refractivity contribution is 0.0738. The van der Waals surface area contributed by atoms with Crippen molar-refractivity contribution in [3.63, 3.8) is 0 Å². The molecule has 0 saturated carbocycles. The zero-order valence-electron chi connectivity index (χ0n) is 14.2. The number of aliphatic hydroxyl groups excluding tert-OH is 1. The third-order valence-corrected chi connectivity index (χ3v) is 5.10. The molecule has 3 rings (SSSR count). The monoisotopic (exact) mass is 345 g/mol. The number of hydrogen-bond donors (Lipinski definition) is 1. The Morgan fingerprint density at radius 3 is 1.96 bits per heavy atom. The average molecular weight is 346 g/mol. The predicted octanol–water partition coefficient (Wildman–Crippen LogP) is 4.61. The van der Waals surface area contributed by atoms with Crippen LogP contribution in [0.25, 0.3) is 0 Å². The van der Waals surface area contributed by atoms with Crippen LogP contribution >= 0.6 is 12.4 Å². The van der Waals surface area contributed by atoms with Gasteiger partial charge in [0.1, 0.15) is 0 Å². The van der Waals surface area contributed by atoms with Crippen LogP contribution in [0.15, 0.2) is 60.7 Å². The van der Waals surface area contributed by atoms with Crippen LogP contribution in [0, 0.1) is 0 Å². The van der Waals surface area contributed by atoms with Crippen LogP contribution in [0.2, 0.25) is 0 Å². The second-order valence-electron chi connectivity index (χ2n) is 6.47. The van der Waals surface area contributed by atoms with E-state index in [1.165, 1.54) is 30.4 Å². The Morgan fingerprint density at radius 1 is 0.833 bits per heavy atom. The maximum absolute atomic E-state index is 9.14. The van der Waals surface area contributed by atoms with E-state index < -0.39 is 0 Å². The second-order valence-corrected chi connectivity index (χ2v) is 6.47. The zero-order valence-corrected chi connectivity index (χ0v) is 15.0. The highest BCUT2D eigenvalue weighted by Gasteiger charge is 2.41. The van der Waals surface area contributed by atoms with Crippen molar-refractivity contribution in [1.29, 1.82) is 0 Å². The number of aliphatic hydroxyl groups is 1. The molecular formula is C21H28ClNO. The maximum Gasteiger partial charge on any atom is 0.0715 e. The number of likely N-dealkylation sites (tertiary alicyclic amines) is 1. The molecule has 0 amide bonds. The minimum absolute atomic E-state index is 0. The summed E-state index contributed by atoms with van der Waals surface area (Å²) in [4.78, 5) is 2.65. The summed E-state index contributed by atoms with van der Waals surface area (Å²) in [5, 5.41) is 9.14. The van der Waals surface area contributed by atoms with Gasteiger partial charge in [-0.25, -0.2) is 0 Å². The van der Waals surface area contributed by atoms with E-state index in [0.29, 0.717) is 0 Å². The van der Waals surface area contributed by atoms with Crippen LogP contribution in [-0.2, 0) is 5.54 Å². The van der Waals surface area contributed by atoms with Gasteiger partial charge in [0, 0.05) is 6.61 Å².